The van der Waals surface area contributed by atoms with E-state index in [1.165, 1.54) is 0 Å². The fraction of sp³-hybridized carbons (Fsp3) is 0.571. The summed E-state index contributed by atoms with van der Waals surface area (Å²) in [4.78, 5) is 2.35. The number of rotatable bonds is 10. The van der Waals surface area contributed by atoms with Crippen LogP contribution in [0.15, 0.2) is 29.2 Å². The highest BCUT2D eigenvalue weighted by Crippen LogP contribution is 2.14. The minimum absolute atomic E-state index is 0.332. The van der Waals surface area contributed by atoms with Gasteiger partial charge >= 0.3 is 0 Å². The van der Waals surface area contributed by atoms with Crippen LogP contribution in [0.25, 0.3) is 0 Å². The standard InChI is InChI=1S/C14H25N3O3S/c1-15-12-13-6-4-5-7-14(13)21(18,19)16-8-9-17(2)10-11-20-3/h4-7,15-16H,8-12H2,1-3H3. The van der Waals surface area contributed by atoms with Gasteiger partial charge in [0, 0.05) is 33.3 Å². The van der Waals surface area contributed by atoms with Crippen molar-refractivity contribution in [1.29, 1.82) is 0 Å². The Hall–Kier alpha value is -0.990. The third-order valence-electron chi connectivity index (χ3n) is 3.09. The lowest BCUT2D eigenvalue weighted by Gasteiger charge is -2.17. The molecule has 0 aromatic heterocycles. The summed E-state index contributed by atoms with van der Waals surface area (Å²) in [7, 11) is 1.90. The minimum atomic E-state index is -3.48. The number of nitrogens with zero attached hydrogens (tertiary/aromatic N) is 1. The lowest BCUT2D eigenvalue weighted by molar-refractivity contribution is 0.162. The zero-order valence-corrected chi connectivity index (χ0v) is 13.7. The number of likely N-dealkylation sites (N-methyl/N-ethyl adjacent to an activating group) is 1. The fourth-order valence-electron chi connectivity index (χ4n) is 1.91. The second-order valence-corrected chi connectivity index (χ2v) is 6.57. The summed E-state index contributed by atoms with van der Waals surface area (Å²) in [6, 6.07) is 7.02. The predicted octanol–water partition coefficient (Wildman–Crippen LogP) is 0.263. The fourth-order valence-corrected chi connectivity index (χ4v) is 3.17. The molecule has 0 unspecified atom stereocenters. The van der Waals surface area contributed by atoms with Crippen molar-refractivity contribution in [3.63, 3.8) is 0 Å². The quantitative estimate of drug-likeness (QED) is 0.648. The van der Waals surface area contributed by atoms with Crippen LogP contribution in [0, 0.1) is 0 Å². The van der Waals surface area contributed by atoms with Gasteiger partial charge in [0.05, 0.1) is 11.5 Å². The van der Waals surface area contributed by atoms with E-state index in [4.69, 9.17) is 4.74 Å². The largest absolute Gasteiger partial charge is 0.383 e. The summed E-state index contributed by atoms with van der Waals surface area (Å²) in [5.41, 5.74) is 0.764. The van der Waals surface area contributed by atoms with E-state index in [0.717, 1.165) is 12.1 Å². The molecule has 1 aromatic carbocycles. The summed E-state index contributed by atoms with van der Waals surface area (Å²) in [6.45, 7) is 2.93. The first kappa shape index (κ1) is 18.1. The van der Waals surface area contributed by atoms with Gasteiger partial charge in [0.1, 0.15) is 0 Å². The molecule has 0 fully saturated rings. The molecular formula is C14H25N3O3S. The zero-order valence-electron chi connectivity index (χ0n) is 12.9. The van der Waals surface area contributed by atoms with Gasteiger partial charge in [-0.1, -0.05) is 18.2 Å². The maximum absolute atomic E-state index is 12.3. The molecule has 0 aliphatic rings. The number of sulfonamides is 1. The molecule has 0 aliphatic heterocycles. The maximum Gasteiger partial charge on any atom is 0.240 e. The molecule has 0 amide bonds. The maximum atomic E-state index is 12.3. The topological polar surface area (TPSA) is 70.7 Å². The summed E-state index contributed by atoms with van der Waals surface area (Å²) in [5, 5.41) is 2.98. The Morgan fingerprint density at radius 1 is 1.24 bits per heavy atom. The van der Waals surface area contributed by atoms with E-state index < -0.39 is 10.0 Å². The molecule has 7 heteroatoms. The Morgan fingerprint density at radius 2 is 1.95 bits per heavy atom. The van der Waals surface area contributed by atoms with Crippen molar-refractivity contribution in [2.45, 2.75) is 11.4 Å². The summed E-state index contributed by atoms with van der Waals surface area (Å²) in [6.07, 6.45) is 0. The summed E-state index contributed by atoms with van der Waals surface area (Å²) >= 11 is 0. The Kier molecular flexibility index (Phi) is 7.84. The van der Waals surface area contributed by atoms with E-state index in [9.17, 15) is 8.42 Å². The molecule has 0 radical (unpaired) electrons. The van der Waals surface area contributed by atoms with Gasteiger partial charge in [-0.05, 0) is 25.7 Å². The molecule has 6 nitrogen and oxygen atoms in total. The molecule has 0 heterocycles. The average Bonchev–Trinajstić information content (AvgIpc) is 2.45. The third kappa shape index (κ3) is 6.11. The van der Waals surface area contributed by atoms with Crippen LogP contribution < -0.4 is 10.0 Å². The van der Waals surface area contributed by atoms with Gasteiger partial charge in [0.15, 0.2) is 0 Å². The molecule has 1 aromatic rings. The monoisotopic (exact) mass is 315 g/mol. The van der Waals surface area contributed by atoms with Crippen molar-refractivity contribution < 1.29 is 13.2 Å². The first-order valence-corrected chi connectivity index (χ1v) is 8.39. The van der Waals surface area contributed by atoms with Gasteiger partial charge in [-0.25, -0.2) is 13.1 Å². The number of ether oxygens (including phenoxy) is 1. The second kappa shape index (κ2) is 9.11. The Bertz CT molecular complexity index is 520. The number of hydrogen-bond donors (Lipinski definition) is 2. The van der Waals surface area contributed by atoms with E-state index >= 15 is 0 Å². The van der Waals surface area contributed by atoms with Crippen LogP contribution in [-0.2, 0) is 21.3 Å². The average molecular weight is 315 g/mol. The number of hydrogen-bond acceptors (Lipinski definition) is 5. The number of methoxy groups -OCH3 is 1. The van der Waals surface area contributed by atoms with E-state index in [-0.39, 0.29) is 0 Å². The zero-order chi connectivity index (χ0) is 15.7. The molecule has 0 aliphatic carbocycles. The van der Waals surface area contributed by atoms with Crippen molar-refractivity contribution in [1.82, 2.24) is 14.9 Å². The third-order valence-corrected chi connectivity index (χ3v) is 4.65. The lowest BCUT2D eigenvalue weighted by atomic mass is 10.2. The van der Waals surface area contributed by atoms with Crippen LogP contribution >= 0.6 is 0 Å². The highest BCUT2D eigenvalue weighted by Gasteiger charge is 2.17. The molecule has 1 rings (SSSR count). The van der Waals surface area contributed by atoms with E-state index in [2.05, 4.69) is 10.0 Å². The molecule has 0 atom stereocenters. The Labute approximate surface area is 127 Å². The molecular weight excluding hydrogens is 290 g/mol. The molecule has 0 spiro atoms. The van der Waals surface area contributed by atoms with Gasteiger partial charge in [-0.15, -0.1) is 0 Å². The molecule has 0 bridgehead atoms. The van der Waals surface area contributed by atoms with Crippen molar-refractivity contribution >= 4 is 10.0 Å². The first-order chi connectivity index (χ1) is 10.0. The summed E-state index contributed by atoms with van der Waals surface area (Å²) in [5.74, 6) is 0. The number of benzene rings is 1. The molecule has 0 saturated carbocycles. The first-order valence-electron chi connectivity index (χ1n) is 6.91. The molecule has 21 heavy (non-hydrogen) atoms. The summed E-state index contributed by atoms with van der Waals surface area (Å²) < 4.78 is 32.3. The Balaban J connectivity index is 2.61. The van der Waals surface area contributed by atoms with Crippen LogP contribution in [0.4, 0.5) is 0 Å². The Morgan fingerprint density at radius 3 is 2.62 bits per heavy atom. The van der Waals surface area contributed by atoms with Gasteiger partial charge in [-0.2, -0.15) is 0 Å². The van der Waals surface area contributed by atoms with Crippen LogP contribution in [0.5, 0.6) is 0 Å². The SMILES string of the molecule is CNCc1ccccc1S(=O)(=O)NCCN(C)CCOC. The van der Waals surface area contributed by atoms with Gasteiger partial charge in [-0.3, -0.25) is 0 Å². The molecule has 2 N–H and O–H groups in total. The lowest BCUT2D eigenvalue weighted by Crippen LogP contribution is -2.34. The molecule has 0 saturated heterocycles. The van der Waals surface area contributed by atoms with Crippen LogP contribution in [-0.4, -0.2) is 60.8 Å². The van der Waals surface area contributed by atoms with Gasteiger partial charge in [0.2, 0.25) is 10.0 Å². The highest BCUT2D eigenvalue weighted by molar-refractivity contribution is 7.89. The normalized spacial score (nSPS) is 12.0. The second-order valence-electron chi connectivity index (χ2n) is 4.83. The van der Waals surface area contributed by atoms with Crippen LogP contribution in [0.2, 0.25) is 0 Å². The van der Waals surface area contributed by atoms with Gasteiger partial charge < -0.3 is 15.0 Å². The smallest absolute Gasteiger partial charge is 0.240 e. The van der Waals surface area contributed by atoms with Gasteiger partial charge in [0.25, 0.3) is 0 Å². The van der Waals surface area contributed by atoms with Crippen LogP contribution in [0.3, 0.4) is 0 Å². The van der Waals surface area contributed by atoms with Crippen molar-refractivity contribution in [3.8, 4) is 0 Å². The van der Waals surface area contributed by atoms with Crippen molar-refractivity contribution in [2.24, 2.45) is 0 Å². The van der Waals surface area contributed by atoms with Crippen molar-refractivity contribution in [2.75, 3.05) is 47.4 Å². The van der Waals surface area contributed by atoms with E-state index in [1.54, 1.807) is 26.3 Å². The minimum Gasteiger partial charge on any atom is -0.383 e. The number of nitrogens with one attached hydrogen (secondary N) is 2. The van der Waals surface area contributed by atoms with Crippen LogP contribution in [0.1, 0.15) is 5.56 Å². The van der Waals surface area contributed by atoms with E-state index in [1.807, 2.05) is 24.1 Å². The molecule has 120 valence electrons. The predicted molar refractivity (Wildman–Crippen MR) is 83.8 cm³/mol. The van der Waals surface area contributed by atoms with E-state index in [0.29, 0.717) is 31.1 Å². The van der Waals surface area contributed by atoms with Crippen molar-refractivity contribution in [3.05, 3.63) is 29.8 Å². The highest BCUT2D eigenvalue weighted by atomic mass is 32.2.